The van der Waals surface area contributed by atoms with E-state index >= 15 is 0 Å². The van der Waals surface area contributed by atoms with Gasteiger partial charge < -0.3 is 18.9 Å². The number of benzene rings is 4. The van der Waals surface area contributed by atoms with Gasteiger partial charge in [0.2, 0.25) is 0 Å². The van der Waals surface area contributed by atoms with Crippen LogP contribution < -0.4 is 14.2 Å². The zero-order chi connectivity index (χ0) is 37.3. The van der Waals surface area contributed by atoms with Gasteiger partial charge in [0.15, 0.2) is 0 Å². The minimum atomic E-state index is -0.450. The van der Waals surface area contributed by atoms with Gasteiger partial charge >= 0.3 is 11.9 Å². The molecule has 0 amide bonds. The summed E-state index contributed by atoms with van der Waals surface area (Å²) in [5.41, 5.74) is 4.59. The van der Waals surface area contributed by atoms with E-state index in [1.165, 1.54) is 20.9 Å². The third-order valence-electron chi connectivity index (χ3n) is 8.14. The van der Waals surface area contributed by atoms with Gasteiger partial charge in [-0.25, -0.2) is 9.59 Å². The van der Waals surface area contributed by atoms with Crippen LogP contribution in [0.2, 0.25) is 0 Å². The van der Waals surface area contributed by atoms with Crippen LogP contribution in [0.5, 0.6) is 17.2 Å². The molecule has 5 rings (SSSR count). The molecule has 0 saturated heterocycles. The van der Waals surface area contributed by atoms with E-state index in [2.05, 4.69) is 43.3 Å². The van der Waals surface area contributed by atoms with E-state index in [0.29, 0.717) is 34.8 Å². The van der Waals surface area contributed by atoms with Gasteiger partial charge in [-0.2, -0.15) is 0 Å². The third kappa shape index (κ3) is 11.6. The van der Waals surface area contributed by atoms with E-state index in [0.717, 1.165) is 36.8 Å². The molecule has 0 aromatic heterocycles. The van der Waals surface area contributed by atoms with Crippen LogP contribution in [0.15, 0.2) is 112 Å². The second kappa shape index (κ2) is 17.2. The maximum absolute atomic E-state index is 13.4. The fourth-order valence-corrected chi connectivity index (χ4v) is 6.89. The first-order valence-corrected chi connectivity index (χ1v) is 18.8. The number of aryl methyl sites for hydroxylation is 1. The molecule has 52 heavy (non-hydrogen) atoms. The highest BCUT2D eigenvalue weighted by Gasteiger charge is 2.17. The topological polar surface area (TPSA) is 71.1 Å². The lowest BCUT2D eigenvalue weighted by molar-refractivity contribution is 0.0508. The maximum Gasteiger partial charge on any atom is 0.343 e. The van der Waals surface area contributed by atoms with Crippen molar-refractivity contribution in [2.75, 3.05) is 6.61 Å². The van der Waals surface area contributed by atoms with E-state index in [1.54, 1.807) is 48.5 Å². The molecule has 272 valence electrons. The lowest BCUT2D eigenvalue weighted by atomic mass is 10.0. The van der Waals surface area contributed by atoms with Crippen molar-refractivity contribution >= 4 is 29.8 Å². The van der Waals surface area contributed by atoms with Crippen molar-refractivity contribution in [2.24, 2.45) is 0 Å². The van der Waals surface area contributed by atoms with Crippen molar-refractivity contribution in [1.29, 1.82) is 0 Å². The zero-order valence-corrected chi connectivity index (χ0v) is 32.2. The fourth-order valence-electron chi connectivity index (χ4n) is 5.70. The van der Waals surface area contributed by atoms with E-state index in [-0.39, 0.29) is 17.8 Å². The Kier molecular flexibility index (Phi) is 12.7. The second-order valence-electron chi connectivity index (χ2n) is 14.9. The number of hydrogen-bond donors (Lipinski definition) is 0. The first-order valence-electron chi connectivity index (χ1n) is 18.0. The van der Waals surface area contributed by atoms with Crippen molar-refractivity contribution in [2.45, 2.75) is 96.7 Å². The number of carbonyl (C=O) groups excluding carboxylic acids is 2. The van der Waals surface area contributed by atoms with Crippen LogP contribution in [0.4, 0.5) is 0 Å². The average Bonchev–Trinajstić information content (AvgIpc) is 3.30. The molecule has 0 atom stereocenters. The summed E-state index contributed by atoms with van der Waals surface area (Å²) in [4.78, 5) is 28.8. The lowest BCUT2D eigenvalue weighted by Crippen LogP contribution is -2.23. The molecular weight excluding hydrogens is 669 g/mol. The number of fused-ring (bicyclic) bond motifs is 1. The molecule has 0 unspecified atom stereocenters. The lowest BCUT2D eigenvalue weighted by Gasteiger charge is -2.21. The highest BCUT2D eigenvalue weighted by molar-refractivity contribution is 8.03. The van der Waals surface area contributed by atoms with Crippen LogP contribution in [0.1, 0.15) is 105 Å². The van der Waals surface area contributed by atoms with E-state index < -0.39 is 11.9 Å². The van der Waals surface area contributed by atoms with Crippen molar-refractivity contribution in [3.63, 3.8) is 0 Å². The molecule has 0 aliphatic carbocycles. The van der Waals surface area contributed by atoms with Gasteiger partial charge in [-0.15, -0.1) is 0 Å². The summed E-state index contributed by atoms with van der Waals surface area (Å²) in [5.74, 6) is 1.01. The quantitative estimate of drug-likeness (QED) is 0.107. The summed E-state index contributed by atoms with van der Waals surface area (Å²) in [5, 5.41) is 0. The molecule has 0 spiro atoms. The Balaban J connectivity index is 1.33. The number of allylic oxidation sites excluding steroid dienone is 3. The van der Waals surface area contributed by atoms with Crippen molar-refractivity contribution in [1.82, 2.24) is 0 Å². The molecular formula is C45H50O6S. The largest absolute Gasteiger partial charge is 0.488 e. The maximum atomic E-state index is 13.4. The SMILES string of the molecule is CC/C(=C\c1cc(CCOC(=O)c2ccc(OC(C)(C)C)cc2)ccc1OC(=O)c1ccc(OC(C)(C)C)cc1)CC1=CCCc2ccccc2S1. The Hall–Kier alpha value is -4.75. The number of carbonyl (C=O) groups is 2. The molecule has 0 bridgehead atoms. The highest BCUT2D eigenvalue weighted by atomic mass is 32.2. The summed E-state index contributed by atoms with van der Waals surface area (Å²) >= 11 is 1.84. The zero-order valence-electron chi connectivity index (χ0n) is 31.4. The van der Waals surface area contributed by atoms with Crippen molar-refractivity contribution in [3.8, 4) is 17.2 Å². The predicted octanol–water partition coefficient (Wildman–Crippen LogP) is 11.5. The van der Waals surface area contributed by atoms with Gasteiger partial charge in [0.1, 0.15) is 28.5 Å². The molecule has 1 aliphatic rings. The monoisotopic (exact) mass is 718 g/mol. The number of ether oxygens (including phenoxy) is 4. The summed E-state index contributed by atoms with van der Waals surface area (Å²) in [7, 11) is 0. The minimum absolute atomic E-state index is 0.202. The third-order valence-corrected chi connectivity index (χ3v) is 9.33. The fraction of sp³-hybridized carbons (Fsp3) is 0.333. The molecule has 0 fully saturated rings. The Morgan fingerprint density at radius 3 is 2.00 bits per heavy atom. The molecule has 4 aromatic rings. The van der Waals surface area contributed by atoms with Crippen LogP contribution in [0.25, 0.3) is 6.08 Å². The number of hydrogen-bond acceptors (Lipinski definition) is 7. The molecule has 0 radical (unpaired) electrons. The van der Waals surface area contributed by atoms with Gasteiger partial charge in [-0.1, -0.05) is 60.7 Å². The normalized spacial score (nSPS) is 13.4. The van der Waals surface area contributed by atoms with E-state index in [9.17, 15) is 9.59 Å². The van der Waals surface area contributed by atoms with Gasteiger partial charge in [0, 0.05) is 16.9 Å². The summed E-state index contributed by atoms with van der Waals surface area (Å²) < 4.78 is 23.5. The van der Waals surface area contributed by atoms with Crippen LogP contribution in [-0.2, 0) is 17.6 Å². The van der Waals surface area contributed by atoms with Gasteiger partial charge in [0.25, 0.3) is 0 Å². The van der Waals surface area contributed by atoms with Crippen LogP contribution >= 0.6 is 11.8 Å². The smallest absolute Gasteiger partial charge is 0.343 e. The Labute approximate surface area is 313 Å². The van der Waals surface area contributed by atoms with Crippen LogP contribution in [-0.4, -0.2) is 29.7 Å². The molecule has 1 heterocycles. The first kappa shape index (κ1) is 38.5. The number of thioether (sulfide) groups is 1. The molecule has 7 heteroatoms. The predicted molar refractivity (Wildman–Crippen MR) is 211 cm³/mol. The Bertz CT molecular complexity index is 1910. The van der Waals surface area contributed by atoms with E-state index in [4.69, 9.17) is 18.9 Å². The first-order chi connectivity index (χ1) is 24.7. The second-order valence-corrected chi connectivity index (χ2v) is 16.0. The highest BCUT2D eigenvalue weighted by Crippen LogP contribution is 2.38. The Morgan fingerprint density at radius 2 is 1.38 bits per heavy atom. The molecule has 0 saturated carbocycles. The van der Waals surface area contributed by atoms with Crippen molar-refractivity contribution < 1.29 is 28.5 Å². The van der Waals surface area contributed by atoms with Gasteiger partial charge in [0.05, 0.1) is 17.7 Å². The van der Waals surface area contributed by atoms with Crippen LogP contribution in [0, 0.1) is 0 Å². The molecule has 1 aliphatic heterocycles. The standard InChI is InChI=1S/C45H50O6S/c1-8-31(30-39-14-11-13-33-12-9-10-15-41(33)52-39)28-36-29-32(26-27-48-42(46)34-17-21-37(22-18-34)50-44(2,3)4)16-25-40(36)49-43(47)35-19-23-38(24-20-35)51-45(5,6)7/h9-10,12,14-25,28-29H,8,11,13,26-27,30H2,1-7H3/b31-28+. The van der Waals surface area contributed by atoms with Gasteiger partial charge in [-0.05, 0) is 150 Å². The summed E-state index contributed by atoms with van der Waals surface area (Å²) in [6.07, 6.45) is 8.66. The summed E-state index contributed by atoms with van der Waals surface area (Å²) in [6, 6.07) is 28.4. The summed E-state index contributed by atoms with van der Waals surface area (Å²) in [6.45, 7) is 14.2. The Morgan fingerprint density at radius 1 is 0.769 bits per heavy atom. The van der Waals surface area contributed by atoms with Crippen LogP contribution in [0.3, 0.4) is 0 Å². The van der Waals surface area contributed by atoms with Crippen molar-refractivity contribution in [3.05, 3.63) is 135 Å². The average molecular weight is 719 g/mol. The number of rotatable bonds is 12. The number of esters is 2. The molecule has 6 nitrogen and oxygen atoms in total. The minimum Gasteiger partial charge on any atom is -0.488 e. The molecule has 4 aromatic carbocycles. The van der Waals surface area contributed by atoms with Gasteiger partial charge in [-0.3, -0.25) is 0 Å². The van der Waals surface area contributed by atoms with E-state index in [1.807, 2.05) is 71.5 Å². The molecule has 0 N–H and O–H groups in total.